The monoisotopic (exact) mass is 1040 g/mol. The summed E-state index contributed by atoms with van der Waals surface area (Å²) >= 11 is 8.11. The molecule has 5 N–H and O–H groups in total. The number of methoxy groups -OCH3 is 1. The lowest BCUT2D eigenvalue weighted by molar-refractivity contribution is -0.162. The fourth-order valence-electron chi connectivity index (χ4n) is 9.53. The van der Waals surface area contributed by atoms with E-state index < -0.39 is 102 Å². The first kappa shape index (κ1) is 57.9. The van der Waals surface area contributed by atoms with E-state index in [-0.39, 0.29) is 60.6 Å². The van der Waals surface area contributed by atoms with Crippen LogP contribution in [0.25, 0.3) is 0 Å². The number of nitrogens with two attached hydrogens (primary N) is 1. The number of nitrogens with zero attached hydrogens (tertiary/aromatic N) is 3. The quantitative estimate of drug-likeness (QED) is 0.0685. The van der Waals surface area contributed by atoms with Crippen molar-refractivity contribution in [2.75, 3.05) is 51.2 Å². The standard InChI is InChI=1S/C51H73ClN6O13S/c1-28-14-13-15-30(3)51(67)26-39(69-49(66)55-51)31(4)44-50(6,71-44)40(25-41(60)57(8)37-22-33(20-28)23-38(68-9)43(37)52)70-48(65)32(5)56(7)47(64)36(27-72-10)54-45(62)34(16-11-12-18-53)24-35(59)17-19-58-42(61)21-29(2)46(58)63/h13-15,22-23,29-32,34,36,39-40,44,67H,11-12,16-21,24-27,53H2,1-10H3,(H,54,62)(H,55,66)/b15-13+,28-14+/t29?,30?,31?,32-,34-,36?,39?,40?,44?,50?,51?/m0/s1. The maximum atomic E-state index is 14.4. The third-order valence-electron chi connectivity index (χ3n) is 14.5. The number of unbranched alkanes of at least 4 members (excludes halogenated alkanes) is 1. The Bertz CT molecular complexity index is 2300. The summed E-state index contributed by atoms with van der Waals surface area (Å²) in [4.78, 5) is 112. The van der Waals surface area contributed by atoms with Gasteiger partial charge in [0.25, 0.3) is 0 Å². The van der Waals surface area contributed by atoms with Crippen LogP contribution >= 0.6 is 23.4 Å². The van der Waals surface area contributed by atoms with Crippen molar-refractivity contribution in [3.05, 3.63) is 46.5 Å². The van der Waals surface area contributed by atoms with E-state index >= 15 is 0 Å². The molecule has 4 aliphatic rings. The van der Waals surface area contributed by atoms with Crippen molar-refractivity contribution in [2.45, 2.75) is 141 Å². The Hall–Kier alpha value is -5.02. The number of esters is 1. The Morgan fingerprint density at radius 2 is 1.82 bits per heavy atom. The van der Waals surface area contributed by atoms with E-state index in [1.54, 1.807) is 59.2 Å². The van der Waals surface area contributed by atoms with Crippen LogP contribution in [0.4, 0.5) is 10.5 Å². The number of nitrogens with one attached hydrogen (secondary N) is 2. The second kappa shape index (κ2) is 24.8. The van der Waals surface area contributed by atoms with Gasteiger partial charge in [-0.25, -0.2) is 9.59 Å². The zero-order chi connectivity index (χ0) is 53.4. The van der Waals surface area contributed by atoms with Crippen LogP contribution < -0.4 is 26.0 Å². The predicted molar refractivity (Wildman–Crippen MR) is 271 cm³/mol. The Morgan fingerprint density at radius 3 is 2.46 bits per heavy atom. The molecule has 1 aromatic rings. The highest BCUT2D eigenvalue weighted by Gasteiger charge is 2.64. The summed E-state index contributed by atoms with van der Waals surface area (Å²) in [5.41, 5.74) is 4.76. The van der Waals surface area contributed by atoms with Gasteiger partial charge in [-0.2, -0.15) is 11.8 Å². The van der Waals surface area contributed by atoms with Crippen molar-refractivity contribution < 1.29 is 62.4 Å². The van der Waals surface area contributed by atoms with E-state index in [0.29, 0.717) is 43.7 Å². The van der Waals surface area contributed by atoms with Gasteiger partial charge in [0.15, 0.2) is 0 Å². The molecule has 21 heteroatoms. The van der Waals surface area contributed by atoms with Crippen LogP contribution in [0.3, 0.4) is 0 Å². The molecule has 72 heavy (non-hydrogen) atoms. The van der Waals surface area contributed by atoms with Gasteiger partial charge in [0.1, 0.15) is 52.2 Å². The van der Waals surface area contributed by atoms with Crippen LogP contribution in [-0.2, 0) is 54.2 Å². The number of Topliss-reactive ketones (excluding diaryl/α,β-unsaturated/α-hetero) is 1. The first-order chi connectivity index (χ1) is 33.9. The second-order valence-electron chi connectivity index (χ2n) is 20.0. The van der Waals surface area contributed by atoms with Crippen molar-refractivity contribution in [3.8, 4) is 5.75 Å². The first-order valence-electron chi connectivity index (χ1n) is 24.6. The Kier molecular flexibility index (Phi) is 19.9. The van der Waals surface area contributed by atoms with Crippen molar-refractivity contribution >= 4 is 76.4 Å². The zero-order valence-electron chi connectivity index (χ0n) is 43.1. The summed E-state index contributed by atoms with van der Waals surface area (Å²) in [7, 11) is 4.40. The number of ether oxygens (including phenoxy) is 4. The van der Waals surface area contributed by atoms with Crippen LogP contribution in [0.5, 0.6) is 5.75 Å². The number of aliphatic hydroxyl groups is 1. The number of carbonyl (C=O) groups is 8. The molecule has 0 aromatic heterocycles. The van der Waals surface area contributed by atoms with E-state index in [4.69, 9.17) is 36.3 Å². The SMILES string of the molecule is COc1cc2cc(c1Cl)N(C)C(=O)CC(OC(=O)[C@H](C)N(C)C(=O)C(CSC)NC(=O)[C@@H](CCCCN)CC(=O)CCN1C(=O)CC(C)C1=O)C1(C)OC1C(C)C1CC(O)(NC(=O)O1)C(C)/C=C/C=C(\C)C2. The lowest BCUT2D eigenvalue weighted by Gasteiger charge is -2.41. The van der Waals surface area contributed by atoms with Crippen molar-refractivity contribution in [2.24, 2.45) is 29.4 Å². The lowest BCUT2D eigenvalue weighted by Crippen LogP contribution is -2.60. The number of halogens is 1. The molecule has 1 aromatic carbocycles. The summed E-state index contributed by atoms with van der Waals surface area (Å²) < 4.78 is 23.9. The minimum Gasteiger partial charge on any atom is -0.495 e. The molecule has 19 nitrogen and oxygen atoms in total. The molecule has 9 unspecified atom stereocenters. The third kappa shape index (κ3) is 13.8. The number of amides is 6. The molecule has 0 spiro atoms. The van der Waals surface area contributed by atoms with Crippen LogP contribution in [0.15, 0.2) is 35.9 Å². The zero-order valence-corrected chi connectivity index (χ0v) is 44.7. The number of carbonyl (C=O) groups excluding carboxylic acids is 8. The maximum absolute atomic E-state index is 14.4. The van der Waals surface area contributed by atoms with E-state index in [1.807, 2.05) is 19.1 Å². The number of rotatable bonds is 18. The number of ketones is 1. The summed E-state index contributed by atoms with van der Waals surface area (Å²) in [6, 6.07) is 1.16. The number of allylic oxidation sites excluding steroid dienone is 3. The molecule has 4 aliphatic heterocycles. The Labute approximate surface area is 431 Å². The lowest BCUT2D eigenvalue weighted by atomic mass is 9.82. The summed E-state index contributed by atoms with van der Waals surface area (Å²) in [5.74, 6) is -5.54. The average Bonchev–Trinajstić information content (AvgIpc) is 3.96. The molecular weight excluding hydrogens is 972 g/mol. The summed E-state index contributed by atoms with van der Waals surface area (Å²) in [6.45, 7) is 10.6. The topological polar surface area (TPSA) is 257 Å². The van der Waals surface area contributed by atoms with Gasteiger partial charge in [0.05, 0.1) is 25.3 Å². The third-order valence-corrected chi connectivity index (χ3v) is 15.6. The molecule has 3 saturated heterocycles. The summed E-state index contributed by atoms with van der Waals surface area (Å²) in [5, 5.41) is 17.4. The first-order valence-corrected chi connectivity index (χ1v) is 26.3. The number of hydrogen-bond acceptors (Lipinski definition) is 15. The predicted octanol–water partition coefficient (Wildman–Crippen LogP) is 4.47. The number of benzene rings is 1. The number of likely N-dealkylation sites (tertiary alicyclic amines) is 1. The number of anilines is 1. The van der Waals surface area contributed by atoms with Gasteiger partial charge in [-0.15, -0.1) is 0 Å². The molecule has 0 radical (unpaired) electrons. The van der Waals surface area contributed by atoms with Crippen molar-refractivity contribution in [1.29, 1.82) is 0 Å². The van der Waals surface area contributed by atoms with Gasteiger partial charge in [-0.05, 0) is 70.5 Å². The minimum absolute atomic E-state index is 0.00872. The number of imide groups is 1. The number of hydrogen-bond donors (Lipinski definition) is 4. The van der Waals surface area contributed by atoms with E-state index in [9.17, 15) is 43.5 Å². The fourth-order valence-corrected chi connectivity index (χ4v) is 10.4. The van der Waals surface area contributed by atoms with E-state index in [0.717, 1.165) is 20.9 Å². The van der Waals surface area contributed by atoms with Gasteiger partial charge in [-0.1, -0.05) is 62.6 Å². The van der Waals surface area contributed by atoms with Crippen LogP contribution in [-0.4, -0.2) is 150 Å². The van der Waals surface area contributed by atoms with Crippen LogP contribution in [0.2, 0.25) is 5.02 Å². The molecule has 4 bridgehead atoms. The van der Waals surface area contributed by atoms with E-state index in [2.05, 4.69) is 10.6 Å². The van der Waals surface area contributed by atoms with Crippen LogP contribution in [0, 0.1) is 23.7 Å². The number of epoxide rings is 1. The number of alkyl carbamates (subject to hydrolysis) is 1. The molecule has 5 rings (SSSR count). The molecule has 398 valence electrons. The molecule has 11 atom stereocenters. The second-order valence-corrected chi connectivity index (χ2v) is 21.2. The highest BCUT2D eigenvalue weighted by atomic mass is 35.5. The summed E-state index contributed by atoms with van der Waals surface area (Å²) in [6.07, 6.45) is 4.76. The average molecular weight is 1050 g/mol. The van der Waals surface area contributed by atoms with Gasteiger partial charge in [0, 0.05) is 75.7 Å². The molecule has 0 aliphatic carbocycles. The van der Waals surface area contributed by atoms with Gasteiger partial charge >= 0.3 is 12.1 Å². The van der Waals surface area contributed by atoms with Crippen LogP contribution in [0.1, 0.15) is 98.5 Å². The Morgan fingerprint density at radius 1 is 1.11 bits per heavy atom. The van der Waals surface area contributed by atoms with Gasteiger partial charge in [-0.3, -0.25) is 39.0 Å². The normalized spacial score (nSPS) is 29.1. The molecule has 0 saturated carbocycles. The van der Waals surface area contributed by atoms with Gasteiger partial charge in [0.2, 0.25) is 29.5 Å². The number of fused-ring (bicyclic) bond motifs is 5. The highest BCUT2D eigenvalue weighted by Crippen LogP contribution is 2.49. The fraction of sp³-hybridized carbons (Fsp3) is 0.647. The smallest absolute Gasteiger partial charge is 0.409 e. The maximum Gasteiger partial charge on any atom is 0.409 e. The van der Waals surface area contributed by atoms with Crippen molar-refractivity contribution in [3.63, 3.8) is 0 Å². The Balaban J connectivity index is 1.38. The molecular formula is C51H73ClN6O13S. The number of thioether (sulfide) groups is 1. The largest absolute Gasteiger partial charge is 0.495 e. The highest BCUT2D eigenvalue weighted by molar-refractivity contribution is 7.98. The molecule has 4 heterocycles. The van der Waals surface area contributed by atoms with Crippen molar-refractivity contribution in [1.82, 2.24) is 20.4 Å². The number of likely N-dealkylation sites (N-methyl/N-ethyl adjacent to an activating group) is 1. The molecule has 6 amide bonds. The van der Waals surface area contributed by atoms with Gasteiger partial charge < -0.3 is 44.9 Å². The molecule has 3 fully saturated rings. The van der Waals surface area contributed by atoms with E-state index in [1.165, 1.54) is 37.7 Å². The minimum atomic E-state index is -1.69.